The lowest BCUT2D eigenvalue weighted by atomic mass is 10.0. The average molecular weight is 332 g/mol. The molecule has 0 aromatic heterocycles. The van der Waals surface area contributed by atoms with Gasteiger partial charge in [0.05, 0.1) is 0 Å². The maximum absolute atomic E-state index is 12.8. The van der Waals surface area contributed by atoms with Crippen molar-refractivity contribution in [3.63, 3.8) is 0 Å². The number of hydrogen-bond donors (Lipinski definition) is 3. The Kier molecular flexibility index (Phi) is 6.41. The van der Waals surface area contributed by atoms with Gasteiger partial charge in [0.1, 0.15) is 6.04 Å². The highest BCUT2D eigenvalue weighted by molar-refractivity contribution is 5.89. The first kappa shape index (κ1) is 18.8. The molecular weight excluding hydrogens is 313 g/mol. The van der Waals surface area contributed by atoms with Gasteiger partial charge in [0.2, 0.25) is 0 Å². The fourth-order valence-electron chi connectivity index (χ4n) is 1.99. The van der Waals surface area contributed by atoms with Crippen molar-refractivity contribution in [3.05, 3.63) is 29.8 Å². The number of carbonyl (C=O) groups is 2. The van der Waals surface area contributed by atoms with Gasteiger partial charge in [-0.3, -0.25) is 4.79 Å². The van der Waals surface area contributed by atoms with Crippen LogP contribution in [0.1, 0.15) is 25.8 Å². The molecule has 0 fully saturated rings. The second-order valence-corrected chi connectivity index (χ2v) is 5.46. The van der Waals surface area contributed by atoms with Gasteiger partial charge in [0, 0.05) is 12.1 Å². The number of alkyl halides is 3. The van der Waals surface area contributed by atoms with Crippen LogP contribution in [-0.4, -0.2) is 29.3 Å². The highest BCUT2D eigenvalue weighted by atomic mass is 19.4. The van der Waals surface area contributed by atoms with E-state index in [2.05, 4.69) is 5.32 Å². The Balaban J connectivity index is 2.70. The standard InChI is InChI=1S/C15H19F3N2O3/c1-9(2)13(15(16,17)18)20-14(23)19-11-5-3-4-10(8-11)6-7-12(21)22/h3-5,8-9,13H,6-7H2,1-2H3,(H,21,22)(H2,19,20,23)/t13-/m0/s1. The molecule has 0 aliphatic rings. The molecule has 128 valence electrons. The largest absolute Gasteiger partial charge is 0.481 e. The Morgan fingerprint density at radius 3 is 2.43 bits per heavy atom. The molecule has 0 saturated heterocycles. The molecule has 0 saturated carbocycles. The lowest BCUT2D eigenvalue weighted by Gasteiger charge is -2.25. The number of aliphatic carboxylic acids is 1. The summed E-state index contributed by atoms with van der Waals surface area (Å²) in [5.74, 6) is -1.76. The summed E-state index contributed by atoms with van der Waals surface area (Å²) in [6.07, 6.45) is -4.34. The van der Waals surface area contributed by atoms with Crippen LogP contribution in [0.25, 0.3) is 0 Å². The predicted octanol–water partition coefficient (Wildman–Crippen LogP) is 3.41. The van der Waals surface area contributed by atoms with Crippen molar-refractivity contribution < 1.29 is 27.9 Å². The van der Waals surface area contributed by atoms with Gasteiger partial charge in [-0.05, 0) is 30.0 Å². The molecule has 1 aromatic rings. The zero-order chi connectivity index (χ0) is 17.6. The molecular formula is C15H19F3N2O3. The monoisotopic (exact) mass is 332 g/mol. The predicted molar refractivity (Wildman–Crippen MR) is 79.2 cm³/mol. The van der Waals surface area contributed by atoms with Crippen LogP contribution < -0.4 is 10.6 Å². The van der Waals surface area contributed by atoms with Gasteiger partial charge in [-0.25, -0.2) is 4.79 Å². The maximum atomic E-state index is 12.8. The van der Waals surface area contributed by atoms with E-state index in [1.807, 2.05) is 5.32 Å². The number of amides is 2. The van der Waals surface area contributed by atoms with Crippen LogP contribution in [0.15, 0.2) is 24.3 Å². The zero-order valence-electron chi connectivity index (χ0n) is 12.8. The number of anilines is 1. The Bertz CT molecular complexity index is 559. The second kappa shape index (κ2) is 7.85. The molecule has 8 heteroatoms. The van der Waals surface area contributed by atoms with Crippen molar-refractivity contribution in [3.8, 4) is 0 Å². The van der Waals surface area contributed by atoms with Gasteiger partial charge in [-0.2, -0.15) is 13.2 Å². The smallest absolute Gasteiger partial charge is 0.408 e. The molecule has 3 N–H and O–H groups in total. The van der Waals surface area contributed by atoms with E-state index in [0.29, 0.717) is 11.3 Å². The topological polar surface area (TPSA) is 78.4 Å². The van der Waals surface area contributed by atoms with Gasteiger partial charge in [-0.15, -0.1) is 0 Å². The summed E-state index contributed by atoms with van der Waals surface area (Å²) in [7, 11) is 0. The van der Waals surface area contributed by atoms with E-state index in [-0.39, 0.29) is 12.8 Å². The number of aryl methyl sites for hydroxylation is 1. The van der Waals surface area contributed by atoms with E-state index in [9.17, 15) is 22.8 Å². The van der Waals surface area contributed by atoms with Crippen molar-refractivity contribution >= 4 is 17.7 Å². The van der Waals surface area contributed by atoms with E-state index >= 15 is 0 Å². The lowest BCUT2D eigenvalue weighted by molar-refractivity contribution is -0.162. The lowest BCUT2D eigenvalue weighted by Crippen LogP contribution is -2.50. The molecule has 0 bridgehead atoms. The summed E-state index contributed by atoms with van der Waals surface area (Å²) in [6, 6.07) is 3.41. The van der Waals surface area contributed by atoms with Gasteiger partial charge in [0.25, 0.3) is 0 Å². The van der Waals surface area contributed by atoms with Crippen LogP contribution >= 0.6 is 0 Å². The fraction of sp³-hybridized carbons (Fsp3) is 0.467. The molecule has 0 radical (unpaired) electrons. The fourth-order valence-corrected chi connectivity index (χ4v) is 1.99. The highest BCUT2D eigenvalue weighted by Gasteiger charge is 2.42. The van der Waals surface area contributed by atoms with E-state index in [1.54, 1.807) is 12.1 Å². The maximum Gasteiger partial charge on any atom is 0.408 e. The number of halogens is 3. The van der Waals surface area contributed by atoms with Crippen LogP contribution in [0.4, 0.5) is 23.7 Å². The van der Waals surface area contributed by atoms with Gasteiger partial charge >= 0.3 is 18.2 Å². The van der Waals surface area contributed by atoms with E-state index in [1.165, 1.54) is 26.0 Å². The van der Waals surface area contributed by atoms with Gasteiger partial charge in [-0.1, -0.05) is 26.0 Å². The van der Waals surface area contributed by atoms with Crippen molar-refractivity contribution in [2.24, 2.45) is 5.92 Å². The van der Waals surface area contributed by atoms with Crippen LogP contribution in [-0.2, 0) is 11.2 Å². The van der Waals surface area contributed by atoms with Gasteiger partial charge < -0.3 is 15.7 Å². The molecule has 5 nitrogen and oxygen atoms in total. The molecule has 0 aliphatic heterocycles. The number of carboxylic acids is 1. The number of nitrogens with one attached hydrogen (secondary N) is 2. The first-order chi connectivity index (χ1) is 10.6. The summed E-state index contributed by atoms with van der Waals surface area (Å²) in [5, 5.41) is 12.9. The summed E-state index contributed by atoms with van der Waals surface area (Å²) < 4.78 is 38.4. The van der Waals surface area contributed by atoms with Crippen LogP contribution in [0.3, 0.4) is 0 Å². The van der Waals surface area contributed by atoms with Crippen molar-refractivity contribution in [2.75, 3.05) is 5.32 Å². The normalized spacial score (nSPS) is 12.8. The number of carboxylic acid groups (broad SMARTS) is 1. The first-order valence-electron chi connectivity index (χ1n) is 7.04. The van der Waals surface area contributed by atoms with Crippen LogP contribution in [0.5, 0.6) is 0 Å². The molecule has 0 unspecified atom stereocenters. The second-order valence-electron chi connectivity index (χ2n) is 5.46. The molecule has 0 heterocycles. The molecule has 23 heavy (non-hydrogen) atoms. The number of urea groups is 1. The minimum absolute atomic E-state index is 0.0703. The Labute approximate surface area is 131 Å². The highest BCUT2D eigenvalue weighted by Crippen LogP contribution is 2.25. The van der Waals surface area contributed by atoms with Crippen LogP contribution in [0, 0.1) is 5.92 Å². The molecule has 2 amide bonds. The molecule has 1 atom stereocenters. The summed E-state index contributed by atoms with van der Waals surface area (Å²) >= 11 is 0. The average Bonchev–Trinajstić information content (AvgIpc) is 2.41. The number of rotatable bonds is 6. The van der Waals surface area contributed by atoms with E-state index in [0.717, 1.165) is 0 Å². The van der Waals surface area contributed by atoms with Crippen LogP contribution in [0.2, 0.25) is 0 Å². The zero-order valence-corrected chi connectivity index (χ0v) is 12.8. The quantitative estimate of drug-likeness (QED) is 0.747. The van der Waals surface area contributed by atoms with Gasteiger partial charge in [0.15, 0.2) is 0 Å². The Morgan fingerprint density at radius 1 is 1.26 bits per heavy atom. The summed E-state index contributed by atoms with van der Waals surface area (Å²) in [5.41, 5.74) is 0.969. The molecule has 0 aliphatic carbocycles. The summed E-state index contributed by atoms with van der Waals surface area (Å²) in [6.45, 7) is 2.73. The third-order valence-corrected chi connectivity index (χ3v) is 3.12. The van der Waals surface area contributed by atoms with E-state index in [4.69, 9.17) is 5.11 Å². The first-order valence-corrected chi connectivity index (χ1v) is 7.04. The Morgan fingerprint density at radius 2 is 1.91 bits per heavy atom. The summed E-state index contributed by atoms with van der Waals surface area (Å²) in [4.78, 5) is 22.3. The minimum atomic E-state index is -4.53. The Hall–Kier alpha value is -2.25. The number of benzene rings is 1. The van der Waals surface area contributed by atoms with Crippen molar-refractivity contribution in [1.29, 1.82) is 0 Å². The molecule has 1 rings (SSSR count). The third-order valence-electron chi connectivity index (χ3n) is 3.12. The third kappa shape index (κ3) is 6.58. The minimum Gasteiger partial charge on any atom is -0.481 e. The van der Waals surface area contributed by atoms with E-state index < -0.39 is 30.1 Å². The van der Waals surface area contributed by atoms with Crippen molar-refractivity contribution in [2.45, 2.75) is 38.9 Å². The van der Waals surface area contributed by atoms with Crippen molar-refractivity contribution in [1.82, 2.24) is 5.32 Å². The number of carbonyl (C=O) groups excluding carboxylic acids is 1. The molecule has 1 aromatic carbocycles. The molecule has 0 spiro atoms. The SMILES string of the molecule is CC(C)[C@H](NC(=O)Nc1cccc(CCC(=O)O)c1)C(F)(F)F. The number of hydrogen-bond acceptors (Lipinski definition) is 2.